The molecule has 0 fully saturated rings. The van der Waals surface area contributed by atoms with Crippen molar-refractivity contribution >= 4 is 22.7 Å². The summed E-state index contributed by atoms with van der Waals surface area (Å²) < 4.78 is 15.9. The lowest BCUT2D eigenvalue weighted by atomic mass is 9.83. The third-order valence-corrected chi connectivity index (χ3v) is 4.53. The van der Waals surface area contributed by atoms with Crippen molar-refractivity contribution in [1.82, 2.24) is 0 Å². The first-order valence-electron chi connectivity index (χ1n) is 8.34. The van der Waals surface area contributed by atoms with Gasteiger partial charge < -0.3 is 13.9 Å². The van der Waals surface area contributed by atoms with Crippen LogP contribution in [0.4, 0.5) is 0 Å². The first-order chi connectivity index (χ1) is 12.0. The van der Waals surface area contributed by atoms with Gasteiger partial charge in [0, 0.05) is 29.2 Å². The molecule has 0 unspecified atom stereocenters. The zero-order valence-electron chi connectivity index (χ0n) is 14.6. The van der Waals surface area contributed by atoms with E-state index in [0.29, 0.717) is 36.1 Å². The molecule has 0 radical (unpaired) electrons. The number of hydrogen-bond donors (Lipinski definition) is 0. The van der Waals surface area contributed by atoms with Crippen LogP contribution < -0.4 is 10.2 Å². The molecular formula is C19H20O6. The summed E-state index contributed by atoms with van der Waals surface area (Å²) in [4.78, 5) is 37.1. The van der Waals surface area contributed by atoms with Crippen LogP contribution in [0.2, 0.25) is 0 Å². The standard InChI is InChI=1S/C19H20O6/c1-4-6-10-15-11(7-5-8-12(15)20)17(23-2)16-13(21)9-14(19(22)24-3)25-18(10)16/h9H,4-8H2,1-3H3. The molecule has 0 spiro atoms. The Hall–Kier alpha value is -2.63. The van der Waals surface area contributed by atoms with Crippen LogP contribution in [0.1, 0.15) is 58.2 Å². The summed E-state index contributed by atoms with van der Waals surface area (Å²) in [5.41, 5.74) is 1.91. The molecule has 0 amide bonds. The number of esters is 1. The number of Topliss-reactive ketones (excluding diaryl/α,β-unsaturated/α-hetero) is 1. The molecule has 0 atom stereocenters. The monoisotopic (exact) mass is 344 g/mol. The van der Waals surface area contributed by atoms with Crippen molar-refractivity contribution in [2.45, 2.75) is 39.0 Å². The molecule has 3 rings (SSSR count). The Morgan fingerprint density at radius 2 is 2.00 bits per heavy atom. The van der Waals surface area contributed by atoms with Gasteiger partial charge in [-0.2, -0.15) is 0 Å². The number of aryl methyl sites for hydroxylation is 1. The predicted octanol–water partition coefficient (Wildman–Crippen LogP) is 3.06. The minimum Gasteiger partial charge on any atom is -0.496 e. The van der Waals surface area contributed by atoms with Crippen molar-refractivity contribution in [3.63, 3.8) is 0 Å². The van der Waals surface area contributed by atoms with Gasteiger partial charge >= 0.3 is 5.97 Å². The van der Waals surface area contributed by atoms with Crippen molar-refractivity contribution in [2.75, 3.05) is 14.2 Å². The molecule has 0 bridgehead atoms. The number of rotatable bonds is 4. The average molecular weight is 344 g/mol. The van der Waals surface area contributed by atoms with E-state index in [1.165, 1.54) is 14.2 Å². The quantitative estimate of drug-likeness (QED) is 0.793. The molecule has 1 aromatic heterocycles. The topological polar surface area (TPSA) is 82.8 Å². The second-order valence-electron chi connectivity index (χ2n) is 6.06. The molecule has 132 valence electrons. The fraction of sp³-hybridized carbons (Fsp3) is 0.421. The maximum Gasteiger partial charge on any atom is 0.374 e. The highest BCUT2D eigenvalue weighted by Gasteiger charge is 2.30. The van der Waals surface area contributed by atoms with Crippen molar-refractivity contribution in [1.29, 1.82) is 0 Å². The Morgan fingerprint density at radius 1 is 1.24 bits per heavy atom. The lowest BCUT2D eigenvalue weighted by Crippen LogP contribution is -2.19. The fourth-order valence-electron chi connectivity index (χ4n) is 3.52. The van der Waals surface area contributed by atoms with Gasteiger partial charge in [-0.1, -0.05) is 13.3 Å². The number of fused-ring (bicyclic) bond motifs is 2. The molecule has 0 aliphatic heterocycles. The molecule has 2 aromatic rings. The SMILES string of the molecule is CCCc1c2c(c(OC)c3c(=O)cc(C(=O)OC)oc13)CCCC2=O. The number of hydrogen-bond acceptors (Lipinski definition) is 6. The van der Waals surface area contributed by atoms with Gasteiger partial charge in [-0.05, 0) is 19.3 Å². The maximum atomic E-state index is 12.7. The third kappa shape index (κ3) is 2.71. The lowest BCUT2D eigenvalue weighted by molar-refractivity contribution is 0.0565. The summed E-state index contributed by atoms with van der Waals surface area (Å²) in [5, 5.41) is 0.284. The van der Waals surface area contributed by atoms with Crippen LogP contribution in [0, 0.1) is 0 Å². The molecule has 0 N–H and O–H groups in total. The van der Waals surface area contributed by atoms with E-state index in [-0.39, 0.29) is 27.9 Å². The first kappa shape index (κ1) is 17.2. The molecule has 1 aliphatic rings. The van der Waals surface area contributed by atoms with E-state index in [9.17, 15) is 14.4 Å². The second-order valence-corrected chi connectivity index (χ2v) is 6.06. The molecular weight excluding hydrogens is 324 g/mol. The zero-order valence-corrected chi connectivity index (χ0v) is 14.6. The van der Waals surface area contributed by atoms with E-state index in [0.717, 1.165) is 24.5 Å². The Morgan fingerprint density at radius 3 is 2.64 bits per heavy atom. The third-order valence-electron chi connectivity index (χ3n) is 4.53. The molecule has 1 aromatic carbocycles. The molecule has 25 heavy (non-hydrogen) atoms. The van der Waals surface area contributed by atoms with Crippen LogP contribution in [0.5, 0.6) is 5.75 Å². The zero-order chi connectivity index (χ0) is 18.1. The van der Waals surface area contributed by atoms with Crippen molar-refractivity contribution in [2.24, 2.45) is 0 Å². The largest absolute Gasteiger partial charge is 0.496 e. The summed E-state index contributed by atoms with van der Waals surface area (Å²) in [5.74, 6) is -0.508. The van der Waals surface area contributed by atoms with Crippen molar-refractivity contribution in [3.8, 4) is 5.75 Å². The van der Waals surface area contributed by atoms with E-state index in [4.69, 9.17) is 9.15 Å². The van der Waals surface area contributed by atoms with Gasteiger partial charge in [0.25, 0.3) is 0 Å². The van der Waals surface area contributed by atoms with Gasteiger partial charge in [0.05, 0.1) is 14.2 Å². The van der Waals surface area contributed by atoms with E-state index in [1.807, 2.05) is 6.92 Å². The smallest absolute Gasteiger partial charge is 0.374 e. The molecule has 0 saturated carbocycles. The highest BCUT2D eigenvalue weighted by molar-refractivity contribution is 6.06. The summed E-state index contributed by atoms with van der Waals surface area (Å²) >= 11 is 0. The highest BCUT2D eigenvalue weighted by atomic mass is 16.5. The minimum atomic E-state index is -0.732. The molecule has 6 nitrogen and oxygen atoms in total. The molecule has 6 heteroatoms. The number of carbonyl (C=O) groups is 2. The van der Waals surface area contributed by atoms with Gasteiger partial charge in [0.2, 0.25) is 5.76 Å². The van der Waals surface area contributed by atoms with Crippen LogP contribution in [0.15, 0.2) is 15.3 Å². The minimum absolute atomic E-state index is 0.0241. The number of ketones is 1. The Kier molecular flexibility index (Phi) is 4.61. The Labute approximate surface area is 144 Å². The van der Waals surface area contributed by atoms with Crippen LogP contribution in [0.25, 0.3) is 11.0 Å². The molecule has 0 saturated heterocycles. The van der Waals surface area contributed by atoms with Crippen molar-refractivity contribution < 1.29 is 23.5 Å². The number of carbonyl (C=O) groups excluding carboxylic acids is 2. The van der Waals surface area contributed by atoms with Crippen LogP contribution >= 0.6 is 0 Å². The summed E-state index contributed by atoms with van der Waals surface area (Å²) in [6.07, 6.45) is 3.20. The van der Waals surface area contributed by atoms with Gasteiger partial charge in [0.15, 0.2) is 11.2 Å². The van der Waals surface area contributed by atoms with Crippen LogP contribution in [-0.2, 0) is 17.6 Å². The average Bonchev–Trinajstić information content (AvgIpc) is 2.61. The first-order valence-corrected chi connectivity index (χ1v) is 8.34. The molecule has 1 aliphatic carbocycles. The number of methoxy groups -OCH3 is 2. The Balaban J connectivity index is 2.49. The highest BCUT2D eigenvalue weighted by Crippen LogP contribution is 2.39. The number of ether oxygens (including phenoxy) is 2. The fourth-order valence-corrected chi connectivity index (χ4v) is 3.52. The van der Waals surface area contributed by atoms with Gasteiger partial charge in [0.1, 0.15) is 16.7 Å². The van der Waals surface area contributed by atoms with Crippen LogP contribution in [-0.4, -0.2) is 26.0 Å². The van der Waals surface area contributed by atoms with Crippen LogP contribution in [0.3, 0.4) is 0 Å². The predicted molar refractivity (Wildman–Crippen MR) is 91.6 cm³/mol. The summed E-state index contributed by atoms with van der Waals surface area (Å²) in [6.45, 7) is 1.98. The van der Waals surface area contributed by atoms with E-state index in [2.05, 4.69) is 4.74 Å². The van der Waals surface area contributed by atoms with E-state index >= 15 is 0 Å². The van der Waals surface area contributed by atoms with Gasteiger partial charge in [-0.3, -0.25) is 9.59 Å². The number of benzene rings is 1. The lowest BCUT2D eigenvalue weighted by Gasteiger charge is -2.23. The van der Waals surface area contributed by atoms with E-state index < -0.39 is 5.97 Å². The second kappa shape index (κ2) is 6.70. The summed E-state index contributed by atoms with van der Waals surface area (Å²) in [6, 6.07) is 1.11. The summed E-state index contributed by atoms with van der Waals surface area (Å²) in [7, 11) is 2.69. The van der Waals surface area contributed by atoms with E-state index in [1.54, 1.807) is 0 Å². The Bertz CT molecular complexity index is 922. The van der Waals surface area contributed by atoms with Gasteiger partial charge in [-0.25, -0.2) is 4.79 Å². The maximum absolute atomic E-state index is 12.7. The normalized spacial score (nSPS) is 13.6. The van der Waals surface area contributed by atoms with Gasteiger partial charge in [-0.15, -0.1) is 0 Å². The molecule has 1 heterocycles. The van der Waals surface area contributed by atoms with Crippen molar-refractivity contribution in [3.05, 3.63) is 38.7 Å².